The van der Waals surface area contributed by atoms with Gasteiger partial charge in [0.15, 0.2) is 0 Å². The second-order valence-corrected chi connectivity index (χ2v) is 3.62. The summed E-state index contributed by atoms with van der Waals surface area (Å²) in [6.07, 6.45) is -4.55. The Morgan fingerprint density at radius 1 is 1.47 bits per heavy atom. The van der Waals surface area contributed by atoms with Crippen LogP contribution in [0.3, 0.4) is 0 Å². The largest absolute Gasteiger partial charge is 0.478 e. The zero-order chi connectivity index (χ0) is 13.0. The standard InChI is InChI=1S/C11H13F2NO3/c1-6-4-7(2-3-8(6)11(16)17)14-5-9(15)10(12)13/h2-4,9-10,14-15H,5H2,1H3,(H,16,17). The molecule has 0 saturated carbocycles. The first-order valence-corrected chi connectivity index (χ1v) is 4.96. The van der Waals surface area contributed by atoms with Gasteiger partial charge in [-0.3, -0.25) is 0 Å². The summed E-state index contributed by atoms with van der Waals surface area (Å²) in [7, 11) is 0. The second kappa shape index (κ2) is 5.58. The van der Waals surface area contributed by atoms with Gasteiger partial charge in [0, 0.05) is 12.2 Å². The lowest BCUT2D eigenvalue weighted by Gasteiger charge is -2.12. The molecule has 94 valence electrons. The Bertz CT molecular complexity index is 410. The van der Waals surface area contributed by atoms with Crippen LogP contribution in [0.25, 0.3) is 0 Å². The van der Waals surface area contributed by atoms with Gasteiger partial charge in [-0.15, -0.1) is 0 Å². The average Bonchev–Trinajstić information content (AvgIpc) is 2.25. The summed E-state index contributed by atoms with van der Waals surface area (Å²) in [5.74, 6) is -1.04. The van der Waals surface area contributed by atoms with E-state index in [-0.39, 0.29) is 12.1 Å². The summed E-state index contributed by atoms with van der Waals surface area (Å²) in [6.45, 7) is 1.32. The van der Waals surface area contributed by atoms with E-state index < -0.39 is 18.5 Å². The molecule has 1 atom stereocenters. The van der Waals surface area contributed by atoms with E-state index in [9.17, 15) is 13.6 Å². The van der Waals surface area contributed by atoms with E-state index in [0.717, 1.165) is 0 Å². The maximum absolute atomic E-state index is 12.0. The van der Waals surface area contributed by atoms with Gasteiger partial charge in [-0.2, -0.15) is 0 Å². The molecule has 0 saturated heterocycles. The first-order chi connectivity index (χ1) is 7.91. The SMILES string of the molecule is Cc1cc(NCC(O)C(F)F)ccc1C(=O)O. The van der Waals surface area contributed by atoms with E-state index >= 15 is 0 Å². The summed E-state index contributed by atoms with van der Waals surface area (Å²) in [6, 6.07) is 4.38. The third-order valence-electron chi connectivity index (χ3n) is 2.26. The molecule has 6 heteroatoms. The van der Waals surface area contributed by atoms with Crippen LogP contribution in [0.1, 0.15) is 15.9 Å². The van der Waals surface area contributed by atoms with Gasteiger partial charge >= 0.3 is 5.97 Å². The second-order valence-electron chi connectivity index (χ2n) is 3.62. The van der Waals surface area contributed by atoms with Gasteiger partial charge in [0.1, 0.15) is 6.10 Å². The average molecular weight is 245 g/mol. The first-order valence-electron chi connectivity index (χ1n) is 4.96. The highest BCUT2D eigenvalue weighted by molar-refractivity contribution is 5.89. The van der Waals surface area contributed by atoms with Crippen molar-refractivity contribution in [3.63, 3.8) is 0 Å². The van der Waals surface area contributed by atoms with Crippen LogP contribution in [0.4, 0.5) is 14.5 Å². The summed E-state index contributed by atoms with van der Waals surface area (Å²) >= 11 is 0. The number of rotatable bonds is 5. The lowest BCUT2D eigenvalue weighted by Crippen LogP contribution is -2.26. The summed E-state index contributed by atoms with van der Waals surface area (Å²) in [5.41, 5.74) is 1.17. The predicted octanol–water partition coefficient (Wildman–Crippen LogP) is 1.73. The molecule has 1 aromatic carbocycles. The number of benzene rings is 1. The van der Waals surface area contributed by atoms with Crippen LogP contribution in [-0.4, -0.2) is 35.3 Å². The van der Waals surface area contributed by atoms with Gasteiger partial charge in [-0.1, -0.05) is 0 Å². The van der Waals surface area contributed by atoms with Gasteiger partial charge in [0.25, 0.3) is 6.43 Å². The van der Waals surface area contributed by atoms with E-state index in [1.54, 1.807) is 6.92 Å². The Kier molecular flexibility index (Phi) is 4.39. The minimum atomic E-state index is -2.80. The number of carboxylic acid groups (broad SMARTS) is 1. The molecule has 0 aliphatic heterocycles. The number of hydrogen-bond acceptors (Lipinski definition) is 3. The number of aliphatic hydroxyl groups excluding tert-OH is 1. The molecule has 0 aromatic heterocycles. The molecule has 1 unspecified atom stereocenters. The van der Waals surface area contributed by atoms with Gasteiger partial charge < -0.3 is 15.5 Å². The fourth-order valence-electron chi connectivity index (χ4n) is 1.33. The Hall–Kier alpha value is -1.69. The van der Waals surface area contributed by atoms with Crippen molar-refractivity contribution in [2.75, 3.05) is 11.9 Å². The van der Waals surface area contributed by atoms with Crippen LogP contribution in [0.5, 0.6) is 0 Å². The van der Waals surface area contributed by atoms with Gasteiger partial charge in [0.05, 0.1) is 5.56 Å². The Labute approximate surface area is 96.9 Å². The highest BCUT2D eigenvalue weighted by atomic mass is 19.3. The Morgan fingerprint density at radius 3 is 2.59 bits per heavy atom. The van der Waals surface area contributed by atoms with E-state index in [0.29, 0.717) is 11.3 Å². The lowest BCUT2D eigenvalue weighted by atomic mass is 10.1. The summed E-state index contributed by atoms with van der Waals surface area (Å²) in [4.78, 5) is 10.7. The third-order valence-corrected chi connectivity index (χ3v) is 2.26. The van der Waals surface area contributed by atoms with Crippen LogP contribution in [0.2, 0.25) is 0 Å². The van der Waals surface area contributed by atoms with Crippen molar-refractivity contribution in [3.05, 3.63) is 29.3 Å². The van der Waals surface area contributed by atoms with Crippen molar-refractivity contribution >= 4 is 11.7 Å². The highest BCUT2D eigenvalue weighted by Crippen LogP contribution is 2.15. The number of carboxylic acids is 1. The van der Waals surface area contributed by atoms with Crippen molar-refractivity contribution in [1.29, 1.82) is 0 Å². The van der Waals surface area contributed by atoms with Crippen molar-refractivity contribution in [2.24, 2.45) is 0 Å². The summed E-state index contributed by atoms with van der Waals surface area (Å²) in [5, 5.41) is 20.3. The van der Waals surface area contributed by atoms with E-state index in [2.05, 4.69) is 5.32 Å². The lowest BCUT2D eigenvalue weighted by molar-refractivity contribution is 0.00384. The van der Waals surface area contributed by atoms with Crippen LogP contribution in [-0.2, 0) is 0 Å². The van der Waals surface area contributed by atoms with E-state index in [4.69, 9.17) is 10.2 Å². The van der Waals surface area contributed by atoms with Crippen molar-refractivity contribution < 1.29 is 23.8 Å². The first kappa shape index (κ1) is 13.4. The monoisotopic (exact) mass is 245 g/mol. The van der Waals surface area contributed by atoms with Crippen molar-refractivity contribution in [1.82, 2.24) is 0 Å². The molecule has 0 bridgehead atoms. The normalized spacial score (nSPS) is 12.5. The van der Waals surface area contributed by atoms with Crippen LogP contribution in [0, 0.1) is 6.92 Å². The maximum Gasteiger partial charge on any atom is 0.335 e. The molecule has 1 aromatic rings. The molecular formula is C11H13F2NO3. The molecule has 1 rings (SSSR count). The number of nitrogens with one attached hydrogen (secondary N) is 1. The highest BCUT2D eigenvalue weighted by Gasteiger charge is 2.16. The topological polar surface area (TPSA) is 69.6 Å². The molecule has 0 spiro atoms. The molecule has 4 nitrogen and oxygen atoms in total. The quantitative estimate of drug-likeness (QED) is 0.739. The number of alkyl halides is 2. The molecule has 17 heavy (non-hydrogen) atoms. The number of anilines is 1. The smallest absolute Gasteiger partial charge is 0.335 e. The molecule has 0 aliphatic rings. The van der Waals surface area contributed by atoms with E-state index in [1.165, 1.54) is 18.2 Å². The molecule has 0 radical (unpaired) electrons. The number of halogens is 2. The van der Waals surface area contributed by atoms with Crippen molar-refractivity contribution in [2.45, 2.75) is 19.5 Å². The molecular weight excluding hydrogens is 232 g/mol. The summed E-state index contributed by atoms with van der Waals surface area (Å²) < 4.78 is 24.0. The Balaban J connectivity index is 2.68. The minimum absolute atomic E-state index is 0.157. The number of aryl methyl sites for hydroxylation is 1. The molecule has 0 heterocycles. The minimum Gasteiger partial charge on any atom is -0.478 e. The number of hydrogen-bond donors (Lipinski definition) is 3. The molecule has 0 amide bonds. The molecule has 0 aliphatic carbocycles. The van der Waals surface area contributed by atoms with Crippen LogP contribution >= 0.6 is 0 Å². The fraction of sp³-hybridized carbons (Fsp3) is 0.364. The van der Waals surface area contributed by atoms with E-state index in [1.807, 2.05) is 0 Å². The zero-order valence-corrected chi connectivity index (χ0v) is 9.15. The zero-order valence-electron chi connectivity index (χ0n) is 9.15. The van der Waals surface area contributed by atoms with Crippen LogP contribution in [0.15, 0.2) is 18.2 Å². The third kappa shape index (κ3) is 3.67. The fourth-order valence-corrected chi connectivity index (χ4v) is 1.33. The van der Waals surface area contributed by atoms with Gasteiger partial charge in [0.2, 0.25) is 0 Å². The maximum atomic E-state index is 12.0. The van der Waals surface area contributed by atoms with Gasteiger partial charge in [-0.05, 0) is 30.7 Å². The number of aromatic carboxylic acids is 1. The molecule has 0 fully saturated rings. The predicted molar refractivity (Wildman–Crippen MR) is 58.6 cm³/mol. The number of carbonyl (C=O) groups is 1. The Morgan fingerprint density at radius 2 is 2.12 bits per heavy atom. The molecule has 3 N–H and O–H groups in total. The van der Waals surface area contributed by atoms with Crippen molar-refractivity contribution in [3.8, 4) is 0 Å². The van der Waals surface area contributed by atoms with Crippen LogP contribution < -0.4 is 5.32 Å². The van der Waals surface area contributed by atoms with Gasteiger partial charge in [-0.25, -0.2) is 13.6 Å². The number of aliphatic hydroxyl groups is 1.